The number of hydrogen-bond donors (Lipinski definition) is 3. The van der Waals surface area contributed by atoms with Gasteiger partial charge in [-0.2, -0.15) is 0 Å². The number of carbonyl (C=O) groups excluding carboxylic acids is 2. The van der Waals surface area contributed by atoms with Crippen LogP contribution in [0.25, 0.3) is 0 Å². The highest BCUT2D eigenvalue weighted by molar-refractivity contribution is 5.96. The molecular weight excluding hydrogens is 348 g/mol. The standard InChI is InChI=1S/C17H24N8O2/c1-10-7-12(8-21-17(10)24(3)4)22-16-14(15(18)27)20-9-13(23-16)25(19)11(2)5-6-26/h6-9,11H,5,19H2,1-4H3,(H2,18,27)(H,22,23). The Morgan fingerprint density at radius 3 is 2.59 bits per heavy atom. The number of hydrogen-bond acceptors (Lipinski definition) is 9. The zero-order valence-electron chi connectivity index (χ0n) is 15.8. The molecule has 2 aromatic heterocycles. The summed E-state index contributed by atoms with van der Waals surface area (Å²) < 4.78 is 0. The zero-order valence-corrected chi connectivity index (χ0v) is 15.8. The Hall–Kier alpha value is -3.27. The number of carbonyl (C=O) groups is 2. The second-order valence-corrected chi connectivity index (χ2v) is 6.33. The fourth-order valence-corrected chi connectivity index (χ4v) is 2.49. The van der Waals surface area contributed by atoms with Crippen molar-refractivity contribution in [3.63, 3.8) is 0 Å². The Morgan fingerprint density at radius 2 is 2.04 bits per heavy atom. The van der Waals surface area contributed by atoms with Crippen LogP contribution in [0.5, 0.6) is 0 Å². The highest BCUT2D eigenvalue weighted by Crippen LogP contribution is 2.24. The number of rotatable bonds is 8. The maximum atomic E-state index is 11.7. The summed E-state index contributed by atoms with van der Waals surface area (Å²) in [6.07, 6.45) is 3.96. The number of hydrazine groups is 1. The summed E-state index contributed by atoms with van der Waals surface area (Å²) in [4.78, 5) is 37.1. The molecule has 2 rings (SSSR count). The van der Waals surface area contributed by atoms with E-state index in [2.05, 4.69) is 20.3 Å². The summed E-state index contributed by atoms with van der Waals surface area (Å²) in [6.45, 7) is 3.70. The molecule has 27 heavy (non-hydrogen) atoms. The molecule has 1 unspecified atom stereocenters. The van der Waals surface area contributed by atoms with Crippen molar-refractivity contribution in [2.24, 2.45) is 11.6 Å². The number of nitrogens with one attached hydrogen (secondary N) is 1. The predicted molar refractivity (Wildman–Crippen MR) is 104 cm³/mol. The predicted octanol–water partition coefficient (Wildman–Crippen LogP) is 0.746. The first-order chi connectivity index (χ1) is 12.7. The van der Waals surface area contributed by atoms with Gasteiger partial charge in [-0.15, -0.1) is 0 Å². The maximum absolute atomic E-state index is 11.7. The van der Waals surface area contributed by atoms with Gasteiger partial charge in [0.15, 0.2) is 17.3 Å². The maximum Gasteiger partial charge on any atom is 0.271 e. The molecule has 0 fully saturated rings. The Labute approximate surface area is 157 Å². The van der Waals surface area contributed by atoms with E-state index in [1.165, 1.54) is 11.2 Å². The highest BCUT2D eigenvalue weighted by atomic mass is 16.1. The fourth-order valence-electron chi connectivity index (χ4n) is 2.49. The minimum atomic E-state index is -0.726. The third-order valence-corrected chi connectivity index (χ3v) is 3.91. The van der Waals surface area contributed by atoms with Gasteiger partial charge < -0.3 is 20.7 Å². The van der Waals surface area contributed by atoms with Crippen LogP contribution in [0.2, 0.25) is 0 Å². The van der Waals surface area contributed by atoms with Gasteiger partial charge in [0.2, 0.25) is 0 Å². The Bertz CT molecular complexity index is 840. The summed E-state index contributed by atoms with van der Waals surface area (Å²) in [5.74, 6) is 6.56. The molecule has 2 heterocycles. The quantitative estimate of drug-likeness (QED) is 0.347. The third-order valence-electron chi connectivity index (χ3n) is 3.91. The summed E-state index contributed by atoms with van der Waals surface area (Å²) in [5.41, 5.74) is 6.94. The van der Waals surface area contributed by atoms with Crippen molar-refractivity contribution < 1.29 is 9.59 Å². The average molecular weight is 372 g/mol. The average Bonchev–Trinajstić information content (AvgIpc) is 2.60. The first kappa shape index (κ1) is 20.0. The molecule has 10 heteroatoms. The third kappa shape index (κ3) is 4.67. The van der Waals surface area contributed by atoms with Gasteiger partial charge in [0.1, 0.15) is 12.1 Å². The first-order valence-corrected chi connectivity index (χ1v) is 8.30. The smallest absolute Gasteiger partial charge is 0.271 e. The van der Waals surface area contributed by atoms with E-state index in [9.17, 15) is 9.59 Å². The first-order valence-electron chi connectivity index (χ1n) is 8.30. The molecule has 1 atom stereocenters. The van der Waals surface area contributed by atoms with E-state index in [0.717, 1.165) is 17.7 Å². The van der Waals surface area contributed by atoms with Crippen molar-refractivity contribution in [3.8, 4) is 0 Å². The van der Waals surface area contributed by atoms with Gasteiger partial charge >= 0.3 is 0 Å². The minimum absolute atomic E-state index is 0.0236. The van der Waals surface area contributed by atoms with Gasteiger partial charge in [0.25, 0.3) is 5.91 Å². The number of nitrogens with two attached hydrogens (primary N) is 2. The van der Waals surface area contributed by atoms with Gasteiger partial charge in [-0.3, -0.25) is 9.80 Å². The van der Waals surface area contributed by atoms with E-state index in [1.54, 1.807) is 13.1 Å². The van der Waals surface area contributed by atoms with Crippen LogP contribution in [-0.4, -0.2) is 47.3 Å². The van der Waals surface area contributed by atoms with Gasteiger partial charge in [-0.25, -0.2) is 20.8 Å². The largest absolute Gasteiger partial charge is 0.364 e. The lowest BCUT2D eigenvalue weighted by Crippen LogP contribution is -2.40. The normalized spacial score (nSPS) is 11.6. The molecule has 0 aliphatic heterocycles. The highest BCUT2D eigenvalue weighted by Gasteiger charge is 2.18. The SMILES string of the molecule is Cc1cc(Nc2nc(N(N)C(C)CC=O)cnc2C(N)=O)cnc1N(C)C. The van der Waals surface area contributed by atoms with Gasteiger partial charge in [-0.05, 0) is 25.5 Å². The molecule has 0 saturated heterocycles. The summed E-state index contributed by atoms with van der Waals surface area (Å²) in [6, 6.07) is 1.59. The number of pyridine rings is 1. The zero-order chi connectivity index (χ0) is 20.1. The number of amides is 1. The van der Waals surface area contributed by atoms with Gasteiger partial charge in [0.05, 0.1) is 24.1 Å². The van der Waals surface area contributed by atoms with E-state index in [0.29, 0.717) is 11.5 Å². The molecule has 0 aliphatic carbocycles. The monoisotopic (exact) mass is 372 g/mol. The molecule has 0 saturated carbocycles. The van der Waals surface area contributed by atoms with Crippen LogP contribution < -0.4 is 26.8 Å². The molecular formula is C17H24N8O2. The Kier molecular flexibility index (Phi) is 6.24. The number of aromatic nitrogens is 3. The Morgan fingerprint density at radius 1 is 1.33 bits per heavy atom. The Balaban J connectivity index is 2.39. The van der Waals surface area contributed by atoms with Crippen molar-refractivity contribution in [1.82, 2.24) is 15.0 Å². The second kappa shape index (κ2) is 8.41. The van der Waals surface area contributed by atoms with Crippen molar-refractivity contribution >= 4 is 35.3 Å². The molecule has 144 valence electrons. The molecule has 5 N–H and O–H groups in total. The minimum Gasteiger partial charge on any atom is -0.364 e. The van der Waals surface area contributed by atoms with Gasteiger partial charge in [0, 0.05) is 20.5 Å². The van der Waals surface area contributed by atoms with Crippen molar-refractivity contribution in [3.05, 3.63) is 29.7 Å². The van der Waals surface area contributed by atoms with Gasteiger partial charge in [-0.1, -0.05) is 0 Å². The molecule has 2 aromatic rings. The number of nitrogens with zero attached hydrogens (tertiary/aromatic N) is 5. The van der Waals surface area contributed by atoms with Crippen LogP contribution in [0.4, 0.5) is 23.1 Å². The lowest BCUT2D eigenvalue weighted by Gasteiger charge is -2.24. The lowest BCUT2D eigenvalue weighted by molar-refractivity contribution is -0.108. The molecule has 0 aromatic carbocycles. The molecule has 1 amide bonds. The van der Waals surface area contributed by atoms with Crippen LogP contribution in [-0.2, 0) is 4.79 Å². The van der Waals surface area contributed by atoms with E-state index in [4.69, 9.17) is 11.6 Å². The fraction of sp³-hybridized carbons (Fsp3) is 0.353. The van der Waals surface area contributed by atoms with E-state index in [-0.39, 0.29) is 24.0 Å². The number of anilines is 4. The van der Waals surface area contributed by atoms with Crippen molar-refractivity contribution in [2.45, 2.75) is 26.3 Å². The molecule has 0 bridgehead atoms. The number of aryl methyl sites for hydroxylation is 1. The van der Waals surface area contributed by atoms with E-state index < -0.39 is 5.91 Å². The van der Waals surface area contributed by atoms with E-state index in [1.807, 2.05) is 32.0 Å². The topological polar surface area (TPSA) is 143 Å². The van der Waals surface area contributed by atoms with E-state index >= 15 is 0 Å². The second-order valence-electron chi connectivity index (χ2n) is 6.33. The van der Waals surface area contributed by atoms with Crippen LogP contribution in [0.3, 0.4) is 0 Å². The summed E-state index contributed by atoms with van der Waals surface area (Å²) in [7, 11) is 3.80. The van der Waals surface area contributed by atoms with Crippen LogP contribution >= 0.6 is 0 Å². The van der Waals surface area contributed by atoms with Crippen LogP contribution in [0.15, 0.2) is 18.5 Å². The van der Waals surface area contributed by atoms with Crippen molar-refractivity contribution in [1.29, 1.82) is 0 Å². The lowest BCUT2D eigenvalue weighted by atomic mass is 10.2. The molecule has 0 aliphatic rings. The molecule has 10 nitrogen and oxygen atoms in total. The number of aldehydes is 1. The molecule has 0 spiro atoms. The van der Waals surface area contributed by atoms with Crippen LogP contribution in [0.1, 0.15) is 29.4 Å². The molecule has 0 radical (unpaired) electrons. The summed E-state index contributed by atoms with van der Waals surface area (Å²) >= 11 is 0. The summed E-state index contributed by atoms with van der Waals surface area (Å²) in [5, 5.41) is 4.34. The number of primary amides is 1. The van der Waals surface area contributed by atoms with Crippen LogP contribution in [0, 0.1) is 6.92 Å². The van der Waals surface area contributed by atoms with Crippen molar-refractivity contribution in [2.75, 3.05) is 29.3 Å².